The number of piperidine rings is 1. The largest absolute Gasteiger partial charge is 0.497 e. The lowest BCUT2D eigenvalue weighted by Gasteiger charge is -2.30. The quantitative estimate of drug-likeness (QED) is 0.193. The number of aliphatic imine (C=N–C) groups is 1. The summed E-state index contributed by atoms with van der Waals surface area (Å²) in [6.45, 7) is 10.1. The van der Waals surface area contributed by atoms with E-state index in [1.165, 1.54) is 50.9 Å². The Hall–Kier alpha value is -1.26. The van der Waals surface area contributed by atoms with Gasteiger partial charge < -0.3 is 25.0 Å². The lowest BCUT2D eigenvalue weighted by molar-refractivity contribution is 0.181. The molecule has 0 saturated carbocycles. The number of hydrogen-bond acceptors (Lipinski definition) is 5. The van der Waals surface area contributed by atoms with Crippen molar-refractivity contribution in [3.8, 4) is 11.5 Å². The number of guanidine groups is 1. The van der Waals surface area contributed by atoms with Crippen LogP contribution < -0.4 is 20.1 Å². The molecule has 0 aliphatic carbocycles. The zero-order valence-corrected chi connectivity index (χ0v) is 23.3. The van der Waals surface area contributed by atoms with E-state index in [1.807, 2.05) is 13.1 Å². The molecule has 2 fully saturated rings. The summed E-state index contributed by atoms with van der Waals surface area (Å²) in [5.74, 6) is 3.47. The van der Waals surface area contributed by atoms with Gasteiger partial charge in [-0.3, -0.25) is 9.89 Å². The van der Waals surface area contributed by atoms with Crippen LogP contribution in [-0.4, -0.2) is 82.3 Å². The highest BCUT2D eigenvalue weighted by Gasteiger charge is 2.23. The van der Waals surface area contributed by atoms with E-state index >= 15 is 0 Å². The minimum absolute atomic E-state index is 0. The van der Waals surface area contributed by atoms with Gasteiger partial charge in [0.05, 0.1) is 14.2 Å². The van der Waals surface area contributed by atoms with Crippen molar-refractivity contribution >= 4 is 29.9 Å². The van der Waals surface area contributed by atoms with Gasteiger partial charge in [0.2, 0.25) is 0 Å². The second-order valence-electron chi connectivity index (χ2n) is 9.34. The Morgan fingerprint density at radius 3 is 2.45 bits per heavy atom. The van der Waals surface area contributed by atoms with Gasteiger partial charge in [0, 0.05) is 51.9 Å². The fraction of sp³-hybridized carbons (Fsp3) is 0.720. The first-order valence-corrected chi connectivity index (χ1v) is 12.2. The van der Waals surface area contributed by atoms with Crippen molar-refractivity contribution in [2.75, 3.05) is 60.5 Å². The Labute approximate surface area is 217 Å². The Balaban J connectivity index is 0.00000385. The summed E-state index contributed by atoms with van der Waals surface area (Å²) in [4.78, 5) is 9.54. The van der Waals surface area contributed by atoms with Crippen LogP contribution in [0.25, 0.3) is 0 Å². The summed E-state index contributed by atoms with van der Waals surface area (Å²) < 4.78 is 10.8. The zero-order valence-electron chi connectivity index (χ0n) is 20.9. The minimum atomic E-state index is 0. The molecule has 1 aromatic carbocycles. The van der Waals surface area contributed by atoms with E-state index in [-0.39, 0.29) is 24.0 Å². The number of methoxy groups -OCH3 is 2. The van der Waals surface area contributed by atoms with Crippen molar-refractivity contribution in [3.63, 3.8) is 0 Å². The third-order valence-corrected chi connectivity index (χ3v) is 6.59. The first-order chi connectivity index (χ1) is 15.6. The van der Waals surface area contributed by atoms with E-state index in [2.05, 4.69) is 44.5 Å². The number of nitrogens with one attached hydrogen (secondary N) is 2. The average molecular weight is 574 g/mol. The van der Waals surface area contributed by atoms with Gasteiger partial charge >= 0.3 is 0 Å². The molecule has 2 unspecified atom stereocenters. The molecule has 0 aromatic heterocycles. The number of rotatable bonds is 10. The van der Waals surface area contributed by atoms with Crippen LogP contribution in [0.3, 0.4) is 0 Å². The molecule has 2 atom stereocenters. The van der Waals surface area contributed by atoms with E-state index in [9.17, 15) is 0 Å². The van der Waals surface area contributed by atoms with Crippen LogP contribution >= 0.6 is 24.0 Å². The highest BCUT2D eigenvalue weighted by atomic mass is 127. The topological polar surface area (TPSA) is 61.4 Å². The number of ether oxygens (including phenoxy) is 2. The monoisotopic (exact) mass is 573 g/mol. The van der Waals surface area contributed by atoms with Crippen LogP contribution in [0.1, 0.15) is 44.6 Å². The zero-order chi connectivity index (χ0) is 22.8. The number of likely N-dealkylation sites (tertiary alicyclic amines) is 2. The Kier molecular flexibility index (Phi) is 12.6. The second kappa shape index (κ2) is 14.9. The molecule has 0 radical (unpaired) electrons. The van der Waals surface area contributed by atoms with Crippen LogP contribution in [0, 0.1) is 5.92 Å². The van der Waals surface area contributed by atoms with Crippen LogP contribution in [0.2, 0.25) is 0 Å². The highest BCUT2D eigenvalue weighted by Crippen LogP contribution is 2.24. The Morgan fingerprint density at radius 2 is 1.79 bits per heavy atom. The molecule has 0 spiro atoms. The molecular formula is C25H44IN5O2. The molecule has 2 N–H and O–H groups in total. The van der Waals surface area contributed by atoms with Gasteiger partial charge in [0.25, 0.3) is 0 Å². The van der Waals surface area contributed by atoms with E-state index in [0.29, 0.717) is 6.04 Å². The smallest absolute Gasteiger partial charge is 0.191 e. The Bertz CT molecular complexity index is 710. The predicted octanol–water partition coefficient (Wildman–Crippen LogP) is 3.57. The maximum Gasteiger partial charge on any atom is 0.191 e. The number of nitrogens with zero attached hydrogens (tertiary/aromatic N) is 3. The SMILES string of the molecule is CN=C(NCCCCN1CCCC(C)C1)NC1CCN(Cc2cc(OC)cc(OC)c2)C1.I. The summed E-state index contributed by atoms with van der Waals surface area (Å²) in [6.07, 6.45) is 6.30. The van der Waals surface area contributed by atoms with Crippen molar-refractivity contribution in [2.45, 2.75) is 51.6 Å². The second-order valence-corrected chi connectivity index (χ2v) is 9.34. The molecule has 2 aliphatic rings. The molecule has 0 amide bonds. The van der Waals surface area contributed by atoms with Gasteiger partial charge in [-0.15, -0.1) is 24.0 Å². The van der Waals surface area contributed by atoms with E-state index < -0.39 is 0 Å². The maximum absolute atomic E-state index is 5.41. The molecular weight excluding hydrogens is 529 g/mol. The summed E-state index contributed by atoms with van der Waals surface area (Å²) in [5, 5.41) is 7.12. The summed E-state index contributed by atoms with van der Waals surface area (Å²) >= 11 is 0. The van der Waals surface area contributed by atoms with Crippen LogP contribution in [0.4, 0.5) is 0 Å². The van der Waals surface area contributed by atoms with Crippen LogP contribution in [0.5, 0.6) is 11.5 Å². The summed E-state index contributed by atoms with van der Waals surface area (Å²) in [6, 6.07) is 6.52. The van der Waals surface area contributed by atoms with Gasteiger partial charge in [0.1, 0.15) is 11.5 Å². The predicted molar refractivity (Wildman–Crippen MR) is 147 cm³/mol. The molecule has 0 bridgehead atoms. The number of benzene rings is 1. The Morgan fingerprint density at radius 1 is 1.03 bits per heavy atom. The van der Waals surface area contributed by atoms with Gasteiger partial charge in [-0.2, -0.15) is 0 Å². The van der Waals surface area contributed by atoms with Crippen molar-refractivity contribution < 1.29 is 9.47 Å². The van der Waals surface area contributed by atoms with Gasteiger partial charge in [-0.05, 0) is 68.8 Å². The van der Waals surface area contributed by atoms with E-state index in [4.69, 9.17) is 9.47 Å². The lowest BCUT2D eigenvalue weighted by atomic mass is 10.0. The number of unbranched alkanes of at least 4 members (excludes halogenated alkanes) is 1. The minimum Gasteiger partial charge on any atom is -0.497 e. The molecule has 2 aliphatic heterocycles. The fourth-order valence-electron chi connectivity index (χ4n) is 4.85. The first kappa shape index (κ1) is 28.0. The van der Waals surface area contributed by atoms with E-state index in [1.54, 1.807) is 14.2 Å². The molecule has 3 rings (SSSR count). The summed E-state index contributed by atoms with van der Waals surface area (Å²) in [7, 11) is 5.25. The average Bonchev–Trinajstić information content (AvgIpc) is 3.24. The van der Waals surface area contributed by atoms with Gasteiger partial charge in [-0.1, -0.05) is 6.92 Å². The van der Waals surface area contributed by atoms with Crippen molar-refractivity contribution in [3.05, 3.63) is 23.8 Å². The molecule has 2 heterocycles. The normalized spacial score (nSPS) is 22.0. The highest BCUT2D eigenvalue weighted by molar-refractivity contribution is 14.0. The fourth-order valence-corrected chi connectivity index (χ4v) is 4.85. The van der Waals surface area contributed by atoms with Gasteiger partial charge in [0.15, 0.2) is 5.96 Å². The van der Waals surface area contributed by atoms with Crippen LogP contribution in [-0.2, 0) is 6.54 Å². The van der Waals surface area contributed by atoms with Crippen molar-refractivity contribution in [1.82, 2.24) is 20.4 Å². The first-order valence-electron chi connectivity index (χ1n) is 12.2. The van der Waals surface area contributed by atoms with Crippen molar-refractivity contribution in [2.24, 2.45) is 10.9 Å². The van der Waals surface area contributed by atoms with Crippen molar-refractivity contribution in [1.29, 1.82) is 0 Å². The molecule has 188 valence electrons. The van der Waals surface area contributed by atoms with Gasteiger partial charge in [-0.25, -0.2) is 0 Å². The molecule has 33 heavy (non-hydrogen) atoms. The molecule has 8 heteroatoms. The third kappa shape index (κ3) is 9.48. The summed E-state index contributed by atoms with van der Waals surface area (Å²) in [5.41, 5.74) is 1.22. The number of halogens is 1. The molecule has 1 aromatic rings. The van der Waals surface area contributed by atoms with E-state index in [0.717, 1.165) is 56.0 Å². The maximum atomic E-state index is 5.41. The molecule has 2 saturated heterocycles. The standard InChI is InChI=1S/C25H43N5O2.HI/c1-20-8-7-12-29(17-20)11-6-5-10-27-25(26-2)28-22-9-13-30(19-22)18-21-14-23(31-3)16-24(15-21)32-4;/h14-16,20,22H,5-13,17-19H2,1-4H3,(H2,26,27,28);1H. The molecule has 7 nitrogen and oxygen atoms in total. The lowest BCUT2D eigenvalue weighted by Crippen LogP contribution is -2.44. The number of hydrogen-bond donors (Lipinski definition) is 2. The third-order valence-electron chi connectivity index (χ3n) is 6.59. The van der Waals surface area contributed by atoms with Crippen LogP contribution in [0.15, 0.2) is 23.2 Å².